The summed E-state index contributed by atoms with van der Waals surface area (Å²) in [6.07, 6.45) is 0.627. The van der Waals surface area contributed by atoms with E-state index in [1.165, 1.54) is 5.56 Å². The van der Waals surface area contributed by atoms with Crippen LogP contribution in [0.2, 0.25) is 0 Å². The molecule has 0 aliphatic rings. The molecule has 5 nitrogen and oxygen atoms in total. The maximum Gasteiger partial charge on any atom is 0.241 e. The molecule has 0 fully saturated rings. The van der Waals surface area contributed by atoms with Crippen molar-refractivity contribution < 1.29 is 4.79 Å². The number of benzene rings is 1. The van der Waals surface area contributed by atoms with Crippen molar-refractivity contribution in [1.29, 1.82) is 0 Å². The molecule has 0 aliphatic heterocycles. The first-order chi connectivity index (χ1) is 11.4. The quantitative estimate of drug-likeness (QED) is 0.885. The topological polar surface area (TPSA) is 58.1 Å². The summed E-state index contributed by atoms with van der Waals surface area (Å²) in [5.74, 6) is 0.762. The second-order valence-corrected chi connectivity index (χ2v) is 6.38. The summed E-state index contributed by atoms with van der Waals surface area (Å²) < 4.78 is 0. The number of nitrogens with zero attached hydrogens (tertiary/aromatic N) is 3. The number of hydrogen-bond donors (Lipinski definition) is 1. The molecule has 0 aliphatic carbocycles. The highest BCUT2D eigenvalue weighted by Gasteiger charge is 2.22. The fourth-order valence-corrected chi connectivity index (χ4v) is 2.74. The number of rotatable bonds is 6. The van der Waals surface area contributed by atoms with Crippen LogP contribution in [0.4, 0.5) is 0 Å². The van der Waals surface area contributed by atoms with Gasteiger partial charge in [0.1, 0.15) is 11.9 Å². The summed E-state index contributed by atoms with van der Waals surface area (Å²) >= 11 is 0. The van der Waals surface area contributed by atoms with E-state index in [0.717, 1.165) is 22.8 Å². The predicted octanol–water partition coefficient (Wildman–Crippen LogP) is 2.36. The predicted molar refractivity (Wildman–Crippen MR) is 95.8 cm³/mol. The van der Waals surface area contributed by atoms with Crippen molar-refractivity contribution in [3.63, 3.8) is 0 Å². The third-order valence-corrected chi connectivity index (χ3v) is 3.83. The maximum absolute atomic E-state index is 12.6. The fourth-order valence-electron chi connectivity index (χ4n) is 2.74. The van der Waals surface area contributed by atoms with Crippen LogP contribution >= 0.6 is 0 Å². The van der Waals surface area contributed by atoms with Crippen molar-refractivity contribution in [1.82, 2.24) is 20.2 Å². The van der Waals surface area contributed by atoms with E-state index in [1.54, 1.807) is 0 Å². The number of aryl methyl sites for hydroxylation is 3. The SMILES string of the molecule is Cc1ccc(C(C(=O)NCCc2nc(C)cc(C)n2)N(C)C)cc1. The first kappa shape index (κ1) is 18.1. The van der Waals surface area contributed by atoms with Gasteiger partial charge in [-0.15, -0.1) is 0 Å². The van der Waals surface area contributed by atoms with Crippen molar-refractivity contribution in [2.45, 2.75) is 33.2 Å². The molecular weight excluding hydrogens is 300 g/mol. The van der Waals surface area contributed by atoms with E-state index in [1.807, 2.05) is 70.1 Å². The van der Waals surface area contributed by atoms with Crippen LogP contribution in [-0.2, 0) is 11.2 Å². The van der Waals surface area contributed by atoms with Crippen LogP contribution in [0.25, 0.3) is 0 Å². The molecule has 1 unspecified atom stereocenters. The minimum Gasteiger partial charge on any atom is -0.354 e. The molecule has 0 saturated carbocycles. The van der Waals surface area contributed by atoms with Gasteiger partial charge in [-0.2, -0.15) is 0 Å². The van der Waals surface area contributed by atoms with Crippen molar-refractivity contribution in [2.24, 2.45) is 0 Å². The third-order valence-electron chi connectivity index (χ3n) is 3.83. The monoisotopic (exact) mass is 326 g/mol. The van der Waals surface area contributed by atoms with Gasteiger partial charge in [-0.1, -0.05) is 29.8 Å². The molecule has 1 amide bonds. The van der Waals surface area contributed by atoms with Gasteiger partial charge in [0.15, 0.2) is 0 Å². The number of amides is 1. The molecule has 1 heterocycles. The van der Waals surface area contributed by atoms with E-state index < -0.39 is 0 Å². The van der Waals surface area contributed by atoms with Gasteiger partial charge >= 0.3 is 0 Å². The summed E-state index contributed by atoms with van der Waals surface area (Å²) in [5.41, 5.74) is 4.08. The molecule has 0 spiro atoms. The second kappa shape index (κ2) is 8.02. The smallest absolute Gasteiger partial charge is 0.241 e. The number of nitrogens with one attached hydrogen (secondary N) is 1. The van der Waals surface area contributed by atoms with Gasteiger partial charge in [-0.05, 0) is 46.5 Å². The molecule has 2 rings (SSSR count). The lowest BCUT2D eigenvalue weighted by atomic mass is 10.0. The van der Waals surface area contributed by atoms with E-state index >= 15 is 0 Å². The maximum atomic E-state index is 12.6. The van der Waals surface area contributed by atoms with Gasteiger partial charge in [-0.25, -0.2) is 9.97 Å². The lowest BCUT2D eigenvalue weighted by molar-refractivity contribution is -0.125. The number of carbonyl (C=O) groups is 1. The molecule has 1 atom stereocenters. The van der Waals surface area contributed by atoms with E-state index in [9.17, 15) is 4.79 Å². The standard InChI is InChI=1S/C19H26N4O/c1-13-6-8-16(9-7-13)18(23(4)5)19(24)20-11-10-17-21-14(2)12-15(3)22-17/h6-9,12,18H,10-11H2,1-5H3,(H,20,24). The van der Waals surface area contributed by atoms with E-state index in [2.05, 4.69) is 15.3 Å². The molecule has 1 aromatic heterocycles. The van der Waals surface area contributed by atoms with Crippen LogP contribution in [-0.4, -0.2) is 41.4 Å². The van der Waals surface area contributed by atoms with E-state index in [4.69, 9.17) is 0 Å². The molecule has 0 bridgehead atoms. The zero-order valence-electron chi connectivity index (χ0n) is 15.1. The molecule has 24 heavy (non-hydrogen) atoms. The highest BCUT2D eigenvalue weighted by Crippen LogP contribution is 2.18. The molecule has 128 valence electrons. The summed E-state index contributed by atoms with van der Waals surface area (Å²) in [4.78, 5) is 23.3. The largest absolute Gasteiger partial charge is 0.354 e. The zero-order valence-corrected chi connectivity index (χ0v) is 15.1. The van der Waals surface area contributed by atoms with Gasteiger partial charge in [0, 0.05) is 24.4 Å². The molecular formula is C19H26N4O. The normalized spacial score (nSPS) is 12.2. The summed E-state index contributed by atoms with van der Waals surface area (Å²) in [6.45, 7) is 6.47. The Labute approximate surface area is 144 Å². The van der Waals surface area contributed by atoms with Gasteiger partial charge < -0.3 is 5.32 Å². The second-order valence-electron chi connectivity index (χ2n) is 6.38. The number of likely N-dealkylation sites (N-methyl/N-ethyl adjacent to an activating group) is 1. The van der Waals surface area contributed by atoms with Crippen LogP contribution in [0.3, 0.4) is 0 Å². The van der Waals surface area contributed by atoms with Crippen molar-refractivity contribution >= 4 is 5.91 Å². The number of carbonyl (C=O) groups excluding carboxylic acids is 1. The number of hydrogen-bond acceptors (Lipinski definition) is 4. The van der Waals surface area contributed by atoms with Gasteiger partial charge in [0.2, 0.25) is 5.91 Å². The Morgan fingerprint density at radius 2 is 1.67 bits per heavy atom. The van der Waals surface area contributed by atoms with Crippen molar-refractivity contribution in [2.75, 3.05) is 20.6 Å². The Bertz CT molecular complexity index is 675. The summed E-state index contributed by atoms with van der Waals surface area (Å²) in [6, 6.07) is 9.72. The van der Waals surface area contributed by atoms with Crippen LogP contribution in [0.5, 0.6) is 0 Å². The van der Waals surface area contributed by atoms with E-state index in [-0.39, 0.29) is 11.9 Å². The van der Waals surface area contributed by atoms with Crippen LogP contribution in [0.15, 0.2) is 30.3 Å². The number of aromatic nitrogens is 2. The van der Waals surface area contributed by atoms with Crippen molar-refractivity contribution in [3.05, 3.63) is 58.7 Å². The highest BCUT2D eigenvalue weighted by molar-refractivity contribution is 5.83. The molecule has 1 aromatic carbocycles. The minimum absolute atomic E-state index is 0.00627. The lowest BCUT2D eigenvalue weighted by Gasteiger charge is -2.24. The van der Waals surface area contributed by atoms with E-state index in [0.29, 0.717) is 13.0 Å². The van der Waals surface area contributed by atoms with Crippen molar-refractivity contribution in [3.8, 4) is 0 Å². The molecule has 5 heteroatoms. The van der Waals surface area contributed by atoms with Gasteiger partial charge in [0.05, 0.1) is 0 Å². The van der Waals surface area contributed by atoms with Gasteiger partial charge in [-0.3, -0.25) is 9.69 Å². The third kappa shape index (κ3) is 4.86. The average molecular weight is 326 g/mol. The fraction of sp³-hybridized carbons (Fsp3) is 0.421. The molecule has 0 radical (unpaired) electrons. The average Bonchev–Trinajstić information content (AvgIpc) is 2.48. The highest BCUT2D eigenvalue weighted by atomic mass is 16.2. The Morgan fingerprint density at radius 3 is 2.21 bits per heavy atom. The van der Waals surface area contributed by atoms with Crippen LogP contribution in [0, 0.1) is 20.8 Å². The summed E-state index contributed by atoms with van der Waals surface area (Å²) in [5, 5.41) is 3.00. The molecule has 1 N–H and O–H groups in total. The first-order valence-corrected chi connectivity index (χ1v) is 8.18. The Balaban J connectivity index is 1.99. The Kier molecular flexibility index (Phi) is 6.04. The Morgan fingerprint density at radius 1 is 1.08 bits per heavy atom. The Hall–Kier alpha value is -2.27. The lowest BCUT2D eigenvalue weighted by Crippen LogP contribution is -2.38. The molecule has 2 aromatic rings. The first-order valence-electron chi connectivity index (χ1n) is 8.18. The minimum atomic E-state index is -0.300. The van der Waals surface area contributed by atoms with Crippen LogP contribution in [0.1, 0.15) is 34.4 Å². The summed E-state index contributed by atoms with van der Waals surface area (Å²) in [7, 11) is 3.83. The zero-order chi connectivity index (χ0) is 17.7. The molecule has 0 saturated heterocycles. The van der Waals surface area contributed by atoms with Gasteiger partial charge in [0.25, 0.3) is 0 Å². The van der Waals surface area contributed by atoms with Crippen LogP contribution < -0.4 is 5.32 Å².